The number of hydrogen-bond acceptors (Lipinski definition) is 3. The van der Waals surface area contributed by atoms with Crippen molar-refractivity contribution in [2.24, 2.45) is 5.73 Å². The van der Waals surface area contributed by atoms with Crippen LogP contribution in [0.15, 0.2) is 0 Å². The van der Waals surface area contributed by atoms with Crippen LogP contribution in [-0.4, -0.2) is 27.9 Å². The highest BCUT2D eigenvalue weighted by atomic mass is 35.5. The van der Waals surface area contributed by atoms with E-state index in [2.05, 4.69) is 5.32 Å². The molecule has 0 aromatic rings. The van der Waals surface area contributed by atoms with E-state index in [1.807, 2.05) is 0 Å². The molecule has 1 unspecified atom stereocenters. The van der Waals surface area contributed by atoms with Crippen molar-refractivity contribution in [3.63, 3.8) is 0 Å². The third kappa shape index (κ3) is 1.93. The zero-order chi connectivity index (χ0) is 8.48. The van der Waals surface area contributed by atoms with Gasteiger partial charge in [0.2, 0.25) is 4.33 Å². The van der Waals surface area contributed by atoms with E-state index >= 15 is 0 Å². The number of carbonyl (C=O) groups excluding carboxylic acids is 1. The molecule has 1 atom stereocenters. The van der Waals surface area contributed by atoms with Gasteiger partial charge in [-0.3, -0.25) is 4.79 Å². The topological polar surface area (TPSA) is 55.1 Å². The van der Waals surface area contributed by atoms with Gasteiger partial charge in [0.15, 0.2) is 0 Å². The Hall–Kier alpha value is 0.360. The van der Waals surface area contributed by atoms with E-state index in [0.29, 0.717) is 0 Å². The number of alkyl halides is 2. The molecule has 1 heterocycles. The molecule has 11 heavy (non-hydrogen) atoms. The fourth-order valence-electron chi connectivity index (χ4n) is 0.788. The molecule has 3 nitrogen and oxygen atoms in total. The fourth-order valence-corrected chi connectivity index (χ4v) is 2.35. The van der Waals surface area contributed by atoms with Crippen LogP contribution in [-0.2, 0) is 4.79 Å². The lowest BCUT2D eigenvalue weighted by Gasteiger charge is -2.21. The smallest absolute Gasteiger partial charge is 0.256 e. The van der Waals surface area contributed by atoms with Gasteiger partial charge >= 0.3 is 0 Å². The minimum Gasteiger partial charge on any atom is -0.367 e. The van der Waals surface area contributed by atoms with Crippen molar-refractivity contribution in [1.82, 2.24) is 5.32 Å². The highest BCUT2D eigenvalue weighted by molar-refractivity contribution is 8.00. The summed E-state index contributed by atoms with van der Waals surface area (Å²) in [7, 11) is 0. The first kappa shape index (κ1) is 9.45. The van der Waals surface area contributed by atoms with Crippen molar-refractivity contribution in [2.75, 3.05) is 12.3 Å². The Kier molecular flexibility index (Phi) is 2.91. The third-order valence-electron chi connectivity index (χ3n) is 1.37. The Morgan fingerprint density at radius 3 is 2.73 bits per heavy atom. The molecule has 0 aromatic heterocycles. The van der Waals surface area contributed by atoms with Crippen LogP contribution >= 0.6 is 35.0 Å². The molecule has 0 saturated carbocycles. The average Bonchev–Trinajstić information content (AvgIpc) is 2.37. The van der Waals surface area contributed by atoms with Crippen molar-refractivity contribution >= 4 is 40.9 Å². The second-order valence-corrected chi connectivity index (χ2v) is 4.79. The van der Waals surface area contributed by atoms with Crippen LogP contribution in [0.5, 0.6) is 0 Å². The van der Waals surface area contributed by atoms with E-state index in [9.17, 15) is 4.79 Å². The molecule has 64 valence electrons. The summed E-state index contributed by atoms with van der Waals surface area (Å²) in [6.07, 6.45) is 0. The first-order valence-corrected chi connectivity index (χ1v) is 4.88. The standard InChI is InChI=1S/C5H8Cl2N2OS/c6-5(7,3(8)10)4-9-1-2-11-4/h4,9H,1-2H2,(H2,8,10). The number of halogens is 2. The normalized spacial score (nSPS) is 25.5. The minimum atomic E-state index is -1.48. The molecule has 1 fully saturated rings. The summed E-state index contributed by atoms with van der Waals surface area (Å²) in [6.45, 7) is 0.809. The Bertz CT molecular complexity index is 170. The maximum absolute atomic E-state index is 10.7. The number of amides is 1. The quantitative estimate of drug-likeness (QED) is 0.651. The monoisotopic (exact) mass is 214 g/mol. The van der Waals surface area contributed by atoms with E-state index in [1.54, 1.807) is 0 Å². The lowest BCUT2D eigenvalue weighted by molar-refractivity contribution is -0.118. The first-order valence-electron chi connectivity index (χ1n) is 3.08. The predicted molar refractivity (Wildman–Crippen MR) is 47.9 cm³/mol. The molecule has 0 aromatic carbocycles. The summed E-state index contributed by atoms with van der Waals surface area (Å²) in [4.78, 5) is 10.7. The second-order valence-electron chi connectivity index (χ2n) is 2.19. The lowest BCUT2D eigenvalue weighted by atomic mass is 10.4. The van der Waals surface area contributed by atoms with E-state index in [4.69, 9.17) is 28.9 Å². The summed E-state index contributed by atoms with van der Waals surface area (Å²) in [6, 6.07) is 0. The number of nitrogens with two attached hydrogens (primary N) is 1. The van der Waals surface area contributed by atoms with Gasteiger partial charge in [0.25, 0.3) is 5.91 Å². The molecule has 3 N–H and O–H groups in total. The van der Waals surface area contributed by atoms with Crippen LogP contribution in [0.4, 0.5) is 0 Å². The number of primary amides is 1. The summed E-state index contributed by atoms with van der Waals surface area (Å²) >= 11 is 12.9. The molecule has 6 heteroatoms. The maximum atomic E-state index is 10.7. The molecule has 1 rings (SSSR count). The van der Waals surface area contributed by atoms with Gasteiger partial charge in [0, 0.05) is 12.3 Å². The molecular weight excluding hydrogens is 207 g/mol. The Labute approximate surface area is 79.0 Å². The molecule has 1 saturated heterocycles. The van der Waals surface area contributed by atoms with E-state index in [0.717, 1.165) is 12.3 Å². The van der Waals surface area contributed by atoms with Crippen LogP contribution in [0.25, 0.3) is 0 Å². The Morgan fingerprint density at radius 1 is 1.73 bits per heavy atom. The van der Waals surface area contributed by atoms with Crippen LogP contribution in [0.1, 0.15) is 0 Å². The number of rotatable bonds is 2. The Morgan fingerprint density at radius 2 is 2.36 bits per heavy atom. The van der Waals surface area contributed by atoms with Crippen molar-refractivity contribution in [3.8, 4) is 0 Å². The average molecular weight is 215 g/mol. The third-order valence-corrected chi connectivity index (χ3v) is 3.74. The molecule has 1 amide bonds. The highest BCUT2D eigenvalue weighted by Crippen LogP contribution is 2.34. The molecule has 0 radical (unpaired) electrons. The van der Waals surface area contributed by atoms with Gasteiger partial charge in [-0.15, -0.1) is 11.8 Å². The molecule has 1 aliphatic heterocycles. The zero-order valence-corrected chi connectivity index (χ0v) is 7.97. The largest absolute Gasteiger partial charge is 0.367 e. The van der Waals surface area contributed by atoms with E-state index < -0.39 is 10.2 Å². The predicted octanol–water partition coefficient (Wildman–Crippen LogP) is 0.308. The van der Waals surface area contributed by atoms with Crippen LogP contribution in [0.3, 0.4) is 0 Å². The van der Waals surface area contributed by atoms with Gasteiger partial charge in [-0.1, -0.05) is 23.2 Å². The summed E-state index contributed by atoms with van der Waals surface area (Å²) < 4.78 is -1.48. The fraction of sp³-hybridized carbons (Fsp3) is 0.800. The van der Waals surface area contributed by atoms with Crippen LogP contribution < -0.4 is 11.1 Å². The first-order chi connectivity index (χ1) is 5.05. The summed E-state index contributed by atoms with van der Waals surface area (Å²) in [5, 5.41) is 2.70. The van der Waals surface area contributed by atoms with Gasteiger partial charge in [-0.05, 0) is 0 Å². The number of nitrogens with one attached hydrogen (secondary N) is 1. The number of carbonyl (C=O) groups is 1. The second kappa shape index (κ2) is 3.39. The molecule has 1 aliphatic rings. The van der Waals surface area contributed by atoms with E-state index in [-0.39, 0.29) is 5.37 Å². The maximum Gasteiger partial charge on any atom is 0.256 e. The van der Waals surface area contributed by atoms with Gasteiger partial charge in [-0.2, -0.15) is 0 Å². The van der Waals surface area contributed by atoms with Crippen LogP contribution in [0, 0.1) is 0 Å². The minimum absolute atomic E-state index is 0.275. The van der Waals surface area contributed by atoms with Crippen molar-refractivity contribution in [3.05, 3.63) is 0 Å². The number of thioether (sulfide) groups is 1. The van der Waals surface area contributed by atoms with Crippen molar-refractivity contribution < 1.29 is 4.79 Å². The molecular formula is C5H8Cl2N2OS. The Balaban J connectivity index is 2.62. The van der Waals surface area contributed by atoms with Gasteiger partial charge in [0.1, 0.15) is 0 Å². The van der Waals surface area contributed by atoms with Crippen molar-refractivity contribution in [1.29, 1.82) is 0 Å². The van der Waals surface area contributed by atoms with Gasteiger partial charge < -0.3 is 11.1 Å². The molecule has 0 spiro atoms. The zero-order valence-electron chi connectivity index (χ0n) is 5.64. The van der Waals surface area contributed by atoms with E-state index in [1.165, 1.54) is 11.8 Å². The number of hydrogen-bond donors (Lipinski definition) is 2. The molecule has 0 bridgehead atoms. The van der Waals surface area contributed by atoms with Crippen molar-refractivity contribution in [2.45, 2.75) is 9.71 Å². The highest BCUT2D eigenvalue weighted by Gasteiger charge is 2.42. The van der Waals surface area contributed by atoms with Crippen LogP contribution in [0.2, 0.25) is 0 Å². The summed E-state index contributed by atoms with van der Waals surface area (Å²) in [5.74, 6) is 0.201. The van der Waals surface area contributed by atoms with Gasteiger partial charge in [-0.25, -0.2) is 0 Å². The van der Waals surface area contributed by atoms with Gasteiger partial charge in [0.05, 0.1) is 5.37 Å². The SMILES string of the molecule is NC(=O)C(Cl)(Cl)C1NCCS1. The molecule has 0 aliphatic carbocycles. The lowest BCUT2D eigenvalue weighted by Crippen LogP contribution is -2.47. The summed E-state index contributed by atoms with van der Waals surface area (Å²) in [5.41, 5.74) is 4.99.